The number of rotatable bonds is 1. The lowest BCUT2D eigenvalue weighted by molar-refractivity contribution is 0.455. The molecule has 0 saturated heterocycles. The number of aryl methyl sites for hydroxylation is 1. The van der Waals surface area contributed by atoms with Gasteiger partial charge in [-0.05, 0) is 12.5 Å². The molecule has 0 fully saturated rings. The summed E-state index contributed by atoms with van der Waals surface area (Å²) in [6, 6.07) is 8.78. The van der Waals surface area contributed by atoms with E-state index in [-0.39, 0.29) is 5.71 Å². The lowest BCUT2D eigenvalue weighted by Gasteiger charge is -2.02. The SMILES string of the molecule is Cc1ccccc1-c1noc2cc(=O)n(C)c(=O)n12. The Labute approximate surface area is 107 Å². The molecule has 0 radical (unpaired) electrons. The van der Waals surface area contributed by atoms with E-state index < -0.39 is 11.2 Å². The Morgan fingerprint density at radius 2 is 1.95 bits per heavy atom. The van der Waals surface area contributed by atoms with Gasteiger partial charge in [0.1, 0.15) is 0 Å². The highest BCUT2D eigenvalue weighted by atomic mass is 16.5. The van der Waals surface area contributed by atoms with E-state index in [1.165, 1.54) is 17.5 Å². The molecule has 0 N–H and O–H groups in total. The van der Waals surface area contributed by atoms with Crippen LogP contribution in [0.4, 0.5) is 0 Å². The second-order valence-electron chi connectivity index (χ2n) is 4.32. The molecule has 0 aliphatic carbocycles. The molecule has 6 heteroatoms. The molecule has 3 rings (SSSR count). The first-order chi connectivity index (χ1) is 9.09. The van der Waals surface area contributed by atoms with Gasteiger partial charge in [-0.2, -0.15) is 0 Å². The van der Waals surface area contributed by atoms with E-state index in [0.717, 1.165) is 15.7 Å². The standard InChI is InChI=1S/C13H11N3O3/c1-8-5-3-4-6-9(8)12-14-19-11-7-10(17)15(2)13(18)16(11)12/h3-7H,1-2H3. The normalized spacial score (nSPS) is 11.1. The van der Waals surface area contributed by atoms with Crippen LogP contribution in [0.15, 0.2) is 44.4 Å². The number of benzene rings is 1. The molecule has 19 heavy (non-hydrogen) atoms. The first kappa shape index (κ1) is 11.5. The van der Waals surface area contributed by atoms with Crippen LogP contribution in [0.3, 0.4) is 0 Å². The van der Waals surface area contributed by atoms with Crippen molar-refractivity contribution in [1.29, 1.82) is 0 Å². The number of hydrogen-bond donors (Lipinski definition) is 0. The quantitative estimate of drug-likeness (QED) is 0.651. The number of fused-ring (bicyclic) bond motifs is 1. The van der Waals surface area contributed by atoms with E-state index >= 15 is 0 Å². The van der Waals surface area contributed by atoms with Gasteiger partial charge in [-0.1, -0.05) is 29.4 Å². The van der Waals surface area contributed by atoms with Crippen LogP contribution in [0.1, 0.15) is 5.56 Å². The number of hydrogen-bond acceptors (Lipinski definition) is 4. The van der Waals surface area contributed by atoms with Crippen LogP contribution in [0.25, 0.3) is 17.1 Å². The van der Waals surface area contributed by atoms with Gasteiger partial charge in [0.05, 0.1) is 6.07 Å². The summed E-state index contributed by atoms with van der Waals surface area (Å²) in [5.74, 6) is 0.397. The maximum absolute atomic E-state index is 12.1. The lowest BCUT2D eigenvalue weighted by Crippen LogP contribution is -2.34. The molecule has 3 aromatic rings. The van der Waals surface area contributed by atoms with Gasteiger partial charge in [0, 0.05) is 12.6 Å². The molecule has 6 nitrogen and oxygen atoms in total. The molecule has 96 valence electrons. The predicted octanol–water partition coefficient (Wildman–Crippen LogP) is 0.962. The average Bonchev–Trinajstić information content (AvgIpc) is 2.80. The minimum atomic E-state index is -0.470. The zero-order valence-electron chi connectivity index (χ0n) is 10.5. The molecular weight excluding hydrogens is 246 g/mol. The van der Waals surface area contributed by atoms with Crippen LogP contribution in [0.2, 0.25) is 0 Å². The molecule has 0 saturated carbocycles. The molecule has 0 unspecified atom stereocenters. The van der Waals surface area contributed by atoms with Crippen molar-refractivity contribution < 1.29 is 4.52 Å². The summed E-state index contributed by atoms with van der Waals surface area (Å²) in [5, 5.41) is 3.91. The van der Waals surface area contributed by atoms with Gasteiger partial charge in [0.2, 0.25) is 5.71 Å². The maximum Gasteiger partial charge on any atom is 0.339 e. The van der Waals surface area contributed by atoms with Gasteiger partial charge < -0.3 is 4.52 Å². The van der Waals surface area contributed by atoms with E-state index in [1.807, 2.05) is 31.2 Å². The molecule has 1 aromatic carbocycles. The van der Waals surface area contributed by atoms with E-state index in [4.69, 9.17) is 4.52 Å². The third-order valence-electron chi connectivity index (χ3n) is 3.10. The third kappa shape index (κ3) is 1.61. The zero-order chi connectivity index (χ0) is 13.6. The van der Waals surface area contributed by atoms with Crippen molar-refractivity contribution in [3.8, 4) is 11.4 Å². The Balaban J connectivity index is 2.45. The summed E-state index contributed by atoms with van der Waals surface area (Å²) in [6.45, 7) is 1.92. The largest absolute Gasteiger partial charge is 0.339 e. The summed E-state index contributed by atoms with van der Waals surface area (Å²) in [5.41, 5.74) is 1.02. The minimum absolute atomic E-state index is 0.145. The molecule has 0 aliphatic rings. The summed E-state index contributed by atoms with van der Waals surface area (Å²) >= 11 is 0. The van der Waals surface area contributed by atoms with Gasteiger partial charge in [0.15, 0.2) is 5.82 Å². The lowest BCUT2D eigenvalue weighted by atomic mass is 10.1. The van der Waals surface area contributed by atoms with Crippen LogP contribution in [-0.2, 0) is 7.05 Å². The fourth-order valence-electron chi connectivity index (χ4n) is 1.99. The Bertz CT molecular complexity index is 886. The van der Waals surface area contributed by atoms with E-state index in [1.54, 1.807) is 0 Å². The van der Waals surface area contributed by atoms with Crippen molar-refractivity contribution in [3.05, 3.63) is 56.7 Å². The van der Waals surface area contributed by atoms with Gasteiger partial charge in [-0.15, -0.1) is 0 Å². The Morgan fingerprint density at radius 3 is 2.68 bits per heavy atom. The second-order valence-corrected chi connectivity index (χ2v) is 4.32. The highest BCUT2D eigenvalue weighted by Crippen LogP contribution is 2.21. The van der Waals surface area contributed by atoms with E-state index in [2.05, 4.69) is 5.16 Å². The third-order valence-corrected chi connectivity index (χ3v) is 3.10. The molecule has 0 atom stereocenters. The van der Waals surface area contributed by atoms with Gasteiger partial charge >= 0.3 is 5.69 Å². The van der Waals surface area contributed by atoms with Gasteiger partial charge in [0.25, 0.3) is 5.56 Å². The van der Waals surface area contributed by atoms with Crippen LogP contribution >= 0.6 is 0 Å². The second kappa shape index (κ2) is 3.94. The van der Waals surface area contributed by atoms with Crippen LogP contribution in [-0.4, -0.2) is 14.1 Å². The van der Waals surface area contributed by atoms with Crippen molar-refractivity contribution in [2.24, 2.45) is 7.05 Å². The molecule has 0 bridgehead atoms. The molecule has 2 heterocycles. The summed E-state index contributed by atoms with van der Waals surface area (Å²) in [4.78, 5) is 23.7. The first-order valence-electron chi connectivity index (χ1n) is 5.74. The minimum Gasteiger partial charge on any atom is -0.335 e. The molecule has 0 spiro atoms. The summed E-state index contributed by atoms with van der Waals surface area (Å²) in [6.07, 6.45) is 0. The smallest absolute Gasteiger partial charge is 0.335 e. The Morgan fingerprint density at radius 1 is 1.21 bits per heavy atom. The molecule has 2 aromatic heterocycles. The van der Waals surface area contributed by atoms with Crippen LogP contribution in [0.5, 0.6) is 0 Å². The maximum atomic E-state index is 12.1. The molecular formula is C13H11N3O3. The van der Waals surface area contributed by atoms with Gasteiger partial charge in [-0.25, -0.2) is 9.20 Å². The van der Waals surface area contributed by atoms with Crippen molar-refractivity contribution in [1.82, 2.24) is 14.1 Å². The van der Waals surface area contributed by atoms with Crippen molar-refractivity contribution in [2.45, 2.75) is 6.92 Å². The molecule has 0 aliphatic heterocycles. The Hall–Kier alpha value is -2.63. The van der Waals surface area contributed by atoms with Gasteiger partial charge in [-0.3, -0.25) is 9.36 Å². The summed E-state index contributed by atoms with van der Waals surface area (Å²) in [7, 11) is 1.42. The van der Waals surface area contributed by atoms with Crippen LogP contribution in [0, 0.1) is 6.92 Å². The summed E-state index contributed by atoms with van der Waals surface area (Å²) < 4.78 is 7.39. The Kier molecular flexibility index (Phi) is 2.38. The highest BCUT2D eigenvalue weighted by Gasteiger charge is 2.15. The van der Waals surface area contributed by atoms with Crippen molar-refractivity contribution >= 4 is 5.71 Å². The fourth-order valence-corrected chi connectivity index (χ4v) is 1.99. The van der Waals surface area contributed by atoms with E-state index in [0.29, 0.717) is 5.82 Å². The zero-order valence-corrected chi connectivity index (χ0v) is 10.5. The van der Waals surface area contributed by atoms with Crippen LogP contribution < -0.4 is 11.2 Å². The topological polar surface area (TPSA) is 69.5 Å². The van der Waals surface area contributed by atoms with Crippen molar-refractivity contribution in [3.63, 3.8) is 0 Å². The number of aromatic nitrogens is 3. The average molecular weight is 257 g/mol. The monoisotopic (exact) mass is 257 g/mol. The number of nitrogens with zero attached hydrogens (tertiary/aromatic N) is 3. The molecule has 0 amide bonds. The van der Waals surface area contributed by atoms with Crippen molar-refractivity contribution in [2.75, 3.05) is 0 Å². The van der Waals surface area contributed by atoms with E-state index in [9.17, 15) is 9.59 Å². The predicted molar refractivity (Wildman–Crippen MR) is 69.1 cm³/mol. The highest BCUT2D eigenvalue weighted by molar-refractivity contribution is 5.61. The fraction of sp³-hybridized carbons (Fsp3) is 0.154. The first-order valence-corrected chi connectivity index (χ1v) is 5.74.